The Morgan fingerprint density at radius 1 is 1.32 bits per heavy atom. The highest BCUT2D eigenvalue weighted by Crippen LogP contribution is 2.32. The first-order valence-electron chi connectivity index (χ1n) is 6.73. The van der Waals surface area contributed by atoms with Crippen LogP contribution in [0.4, 0.5) is 0 Å². The molecule has 0 saturated heterocycles. The van der Waals surface area contributed by atoms with E-state index in [0.29, 0.717) is 11.7 Å². The molecule has 7 heteroatoms. The summed E-state index contributed by atoms with van der Waals surface area (Å²) in [5, 5.41) is 3.95. The largest absolute Gasteiger partial charge is 0.454 e. The van der Waals surface area contributed by atoms with Crippen LogP contribution in [0.15, 0.2) is 30.3 Å². The van der Waals surface area contributed by atoms with Crippen LogP contribution in [0.5, 0.6) is 11.5 Å². The number of rotatable bonds is 4. The monoisotopic (exact) mass is 354 g/mol. The normalized spacial score (nSPS) is 12.3. The maximum absolute atomic E-state index is 5.94. The van der Waals surface area contributed by atoms with E-state index in [1.165, 1.54) is 4.88 Å². The number of ether oxygens (including phenoxy) is 2. The minimum atomic E-state index is 0.288. The van der Waals surface area contributed by atoms with Gasteiger partial charge in [-0.25, -0.2) is 0 Å². The van der Waals surface area contributed by atoms with E-state index in [9.17, 15) is 0 Å². The molecule has 0 unspecified atom stereocenters. The molecule has 116 valence electrons. The predicted molar refractivity (Wildman–Crippen MR) is 92.8 cm³/mol. The molecule has 2 heterocycles. The summed E-state index contributed by atoms with van der Waals surface area (Å²) in [6.45, 7) is 1.67. The zero-order chi connectivity index (χ0) is 15.5. The molecule has 0 atom stereocenters. The molecule has 22 heavy (non-hydrogen) atoms. The topological polar surface area (TPSA) is 33.7 Å². The molecular formula is C15H15ClN2O2S2. The van der Waals surface area contributed by atoms with E-state index in [-0.39, 0.29) is 6.79 Å². The Balaban J connectivity index is 1.53. The lowest BCUT2D eigenvalue weighted by atomic mass is 10.2. The molecule has 1 N–H and O–H groups in total. The highest BCUT2D eigenvalue weighted by atomic mass is 35.5. The van der Waals surface area contributed by atoms with Crippen molar-refractivity contribution in [1.29, 1.82) is 0 Å². The summed E-state index contributed by atoms with van der Waals surface area (Å²) >= 11 is 12.9. The van der Waals surface area contributed by atoms with Gasteiger partial charge in [-0.3, -0.25) is 0 Å². The van der Waals surface area contributed by atoms with E-state index in [1.54, 1.807) is 11.3 Å². The van der Waals surface area contributed by atoms with Crippen LogP contribution < -0.4 is 14.8 Å². The van der Waals surface area contributed by atoms with Gasteiger partial charge in [-0.2, -0.15) is 0 Å². The van der Waals surface area contributed by atoms with Gasteiger partial charge in [0.05, 0.1) is 10.9 Å². The molecule has 2 aromatic rings. The predicted octanol–water partition coefficient (Wildman–Crippen LogP) is 3.64. The average molecular weight is 355 g/mol. The summed E-state index contributed by atoms with van der Waals surface area (Å²) < 4.78 is 11.5. The zero-order valence-electron chi connectivity index (χ0n) is 12.0. The minimum absolute atomic E-state index is 0.288. The van der Waals surface area contributed by atoms with Crippen LogP contribution in [-0.4, -0.2) is 23.9 Å². The molecule has 0 fully saturated rings. The van der Waals surface area contributed by atoms with Crippen molar-refractivity contribution in [3.63, 3.8) is 0 Å². The number of nitrogens with one attached hydrogen (secondary N) is 1. The van der Waals surface area contributed by atoms with Crippen LogP contribution in [0.1, 0.15) is 10.4 Å². The van der Waals surface area contributed by atoms with Gasteiger partial charge < -0.3 is 19.7 Å². The molecule has 4 nitrogen and oxygen atoms in total. The van der Waals surface area contributed by atoms with Gasteiger partial charge >= 0.3 is 0 Å². The van der Waals surface area contributed by atoms with Crippen LogP contribution in [-0.2, 0) is 13.1 Å². The average Bonchev–Trinajstić information content (AvgIpc) is 3.12. The van der Waals surface area contributed by atoms with Crippen molar-refractivity contribution in [3.8, 4) is 11.5 Å². The lowest BCUT2D eigenvalue weighted by Crippen LogP contribution is -2.35. The van der Waals surface area contributed by atoms with Crippen molar-refractivity contribution in [2.75, 3.05) is 13.8 Å². The fraction of sp³-hybridized carbons (Fsp3) is 0.267. The molecule has 1 aliphatic rings. The molecule has 0 bridgehead atoms. The number of halogens is 1. The molecule has 1 aromatic heterocycles. The Bertz CT molecular complexity index is 690. The van der Waals surface area contributed by atoms with E-state index < -0.39 is 0 Å². The SMILES string of the molecule is CN(Cc1ccc(Cl)s1)C(=S)NCc1ccc2c(c1)OCO2. The molecule has 0 spiro atoms. The van der Waals surface area contributed by atoms with Gasteiger partial charge in [-0.1, -0.05) is 17.7 Å². The summed E-state index contributed by atoms with van der Waals surface area (Å²) in [6.07, 6.45) is 0. The maximum atomic E-state index is 5.94. The lowest BCUT2D eigenvalue weighted by Gasteiger charge is -2.20. The number of hydrogen-bond donors (Lipinski definition) is 1. The van der Waals surface area contributed by atoms with Crippen LogP contribution >= 0.6 is 35.2 Å². The number of hydrogen-bond acceptors (Lipinski definition) is 4. The third-order valence-corrected chi connectivity index (χ3v) is 4.92. The van der Waals surface area contributed by atoms with Crippen molar-refractivity contribution < 1.29 is 9.47 Å². The van der Waals surface area contributed by atoms with Crippen LogP contribution in [0.2, 0.25) is 4.34 Å². The summed E-state index contributed by atoms with van der Waals surface area (Å²) in [4.78, 5) is 3.17. The second-order valence-electron chi connectivity index (χ2n) is 4.91. The first-order valence-corrected chi connectivity index (χ1v) is 8.34. The molecule has 1 aromatic carbocycles. The van der Waals surface area contributed by atoms with E-state index in [4.69, 9.17) is 33.3 Å². The fourth-order valence-electron chi connectivity index (χ4n) is 2.11. The van der Waals surface area contributed by atoms with Crippen molar-refractivity contribution in [3.05, 3.63) is 45.1 Å². The minimum Gasteiger partial charge on any atom is -0.454 e. The Hall–Kier alpha value is -1.50. The molecule has 0 saturated carbocycles. The second-order valence-corrected chi connectivity index (χ2v) is 7.09. The number of thiophene rings is 1. The van der Waals surface area contributed by atoms with Gasteiger partial charge in [0.2, 0.25) is 6.79 Å². The summed E-state index contributed by atoms with van der Waals surface area (Å²) in [7, 11) is 1.96. The summed E-state index contributed by atoms with van der Waals surface area (Å²) in [6, 6.07) is 9.81. The molecular weight excluding hydrogens is 340 g/mol. The van der Waals surface area contributed by atoms with Crippen molar-refractivity contribution in [2.45, 2.75) is 13.1 Å². The van der Waals surface area contributed by atoms with Crippen LogP contribution in [0.3, 0.4) is 0 Å². The van der Waals surface area contributed by atoms with Gasteiger partial charge in [-0.15, -0.1) is 11.3 Å². The molecule has 1 aliphatic heterocycles. The fourth-order valence-corrected chi connectivity index (χ4v) is 3.38. The molecule has 0 amide bonds. The number of thiocarbonyl (C=S) groups is 1. The third-order valence-electron chi connectivity index (χ3n) is 3.25. The quantitative estimate of drug-likeness (QED) is 0.848. The van der Waals surface area contributed by atoms with E-state index >= 15 is 0 Å². The van der Waals surface area contributed by atoms with Crippen molar-refractivity contribution in [1.82, 2.24) is 10.2 Å². The smallest absolute Gasteiger partial charge is 0.231 e. The highest BCUT2D eigenvalue weighted by Gasteiger charge is 2.13. The maximum Gasteiger partial charge on any atom is 0.231 e. The lowest BCUT2D eigenvalue weighted by molar-refractivity contribution is 0.174. The molecule has 3 rings (SSSR count). The van der Waals surface area contributed by atoms with E-state index in [0.717, 1.165) is 27.9 Å². The van der Waals surface area contributed by atoms with Gasteiger partial charge in [-0.05, 0) is 42.0 Å². The third kappa shape index (κ3) is 3.63. The van der Waals surface area contributed by atoms with E-state index in [1.807, 2.05) is 42.3 Å². The highest BCUT2D eigenvalue weighted by molar-refractivity contribution is 7.80. The summed E-state index contributed by atoms with van der Waals surface area (Å²) in [5.74, 6) is 1.57. The molecule has 0 aliphatic carbocycles. The Labute approximate surface area is 143 Å². The first-order chi connectivity index (χ1) is 10.6. The zero-order valence-corrected chi connectivity index (χ0v) is 14.4. The molecule has 0 radical (unpaired) electrons. The summed E-state index contributed by atoms with van der Waals surface area (Å²) in [5.41, 5.74) is 1.10. The first kappa shape index (κ1) is 15.4. The standard InChI is InChI=1S/C15H15ClN2O2S2/c1-18(8-11-3-5-14(16)22-11)15(21)17-7-10-2-4-12-13(6-10)20-9-19-12/h2-6H,7-9H2,1H3,(H,17,21). The van der Waals surface area contributed by atoms with Gasteiger partial charge in [0.15, 0.2) is 16.6 Å². The Morgan fingerprint density at radius 2 is 2.14 bits per heavy atom. The number of nitrogens with zero attached hydrogens (tertiary/aromatic N) is 1. The van der Waals surface area contributed by atoms with Crippen LogP contribution in [0.25, 0.3) is 0 Å². The Kier molecular flexibility index (Phi) is 4.71. The number of fused-ring (bicyclic) bond motifs is 1. The van der Waals surface area contributed by atoms with Gasteiger partial charge in [0.25, 0.3) is 0 Å². The van der Waals surface area contributed by atoms with Gasteiger partial charge in [0.1, 0.15) is 0 Å². The number of benzene rings is 1. The van der Waals surface area contributed by atoms with Crippen molar-refractivity contribution in [2.24, 2.45) is 0 Å². The van der Waals surface area contributed by atoms with E-state index in [2.05, 4.69) is 5.32 Å². The Morgan fingerprint density at radius 3 is 2.91 bits per heavy atom. The van der Waals surface area contributed by atoms with Crippen LogP contribution in [0, 0.1) is 0 Å². The second kappa shape index (κ2) is 6.73. The van der Waals surface area contributed by atoms with Crippen molar-refractivity contribution >= 4 is 40.3 Å². The van der Waals surface area contributed by atoms with Gasteiger partial charge in [0, 0.05) is 18.5 Å².